The van der Waals surface area contributed by atoms with E-state index in [0.717, 1.165) is 31.5 Å². The van der Waals surface area contributed by atoms with Gasteiger partial charge in [-0.2, -0.15) is 13.2 Å². The first kappa shape index (κ1) is 23.7. The lowest BCUT2D eigenvalue weighted by molar-refractivity contribution is -0.144. The van der Waals surface area contributed by atoms with Gasteiger partial charge >= 0.3 is 6.18 Å². The van der Waals surface area contributed by atoms with Crippen LogP contribution in [0, 0.1) is 5.82 Å². The molecule has 0 spiro atoms. The van der Waals surface area contributed by atoms with Crippen molar-refractivity contribution >= 4 is 5.82 Å². The summed E-state index contributed by atoms with van der Waals surface area (Å²) in [5, 5.41) is 0. The zero-order chi connectivity index (χ0) is 24.4. The first-order valence-electron chi connectivity index (χ1n) is 12.2. The van der Waals surface area contributed by atoms with Gasteiger partial charge in [0.25, 0.3) is 0 Å². The number of rotatable bonds is 4. The fourth-order valence-electron chi connectivity index (χ4n) is 5.22. The van der Waals surface area contributed by atoms with Gasteiger partial charge in [-0.15, -0.1) is 0 Å². The predicted octanol–water partition coefficient (Wildman–Crippen LogP) is 6.42. The highest BCUT2D eigenvalue weighted by atomic mass is 19.4. The van der Waals surface area contributed by atoms with Crippen molar-refractivity contribution < 1.29 is 17.6 Å². The van der Waals surface area contributed by atoms with Gasteiger partial charge in [0.1, 0.15) is 11.6 Å². The van der Waals surface area contributed by atoms with Gasteiger partial charge in [-0.3, -0.25) is 0 Å². The summed E-state index contributed by atoms with van der Waals surface area (Å²) in [6.45, 7) is 3.44. The van der Waals surface area contributed by atoms with Gasteiger partial charge < -0.3 is 9.80 Å². The van der Waals surface area contributed by atoms with Crippen LogP contribution in [-0.4, -0.2) is 47.1 Å². The Hall–Kier alpha value is -3.00. The Bertz CT molecular complexity index is 1130. The lowest BCUT2D eigenvalue weighted by atomic mass is 9.96. The molecule has 0 bridgehead atoms. The number of likely N-dealkylation sites (tertiary alicyclic amines) is 1. The van der Waals surface area contributed by atoms with E-state index in [9.17, 15) is 17.6 Å². The summed E-state index contributed by atoms with van der Waals surface area (Å²) >= 11 is 0. The van der Waals surface area contributed by atoms with E-state index in [1.807, 2.05) is 35.2 Å². The molecule has 184 valence electrons. The molecule has 2 aliphatic heterocycles. The number of hydrogen-bond acceptors (Lipinski definition) is 4. The first-order chi connectivity index (χ1) is 16.9. The minimum Gasteiger partial charge on any atom is -0.356 e. The van der Waals surface area contributed by atoms with Crippen molar-refractivity contribution in [2.75, 3.05) is 31.1 Å². The molecule has 3 heterocycles. The largest absolute Gasteiger partial charge is 0.451 e. The number of hydrogen-bond donors (Lipinski definition) is 0. The molecule has 8 heteroatoms. The van der Waals surface area contributed by atoms with Gasteiger partial charge in [0.2, 0.25) is 5.82 Å². The summed E-state index contributed by atoms with van der Waals surface area (Å²) in [5.41, 5.74) is 1.85. The fraction of sp³-hybridized carbons (Fsp3) is 0.407. The zero-order valence-corrected chi connectivity index (χ0v) is 19.4. The molecule has 35 heavy (non-hydrogen) atoms. The molecule has 3 aromatic rings. The second-order valence-corrected chi connectivity index (χ2v) is 9.28. The van der Waals surface area contributed by atoms with Gasteiger partial charge in [0.15, 0.2) is 0 Å². The molecule has 5 rings (SSSR count). The standard InChI is InChI=1S/C27H28F4N4/c28-21-11-9-20(10-12-21)24-23(19-7-3-1-4-8-19)25(33-26(32-24)27(29,30)31)35-17-13-22(14-18-35)34-15-5-2-6-16-34/h1,3-4,7-12,22H,2,5-6,13-18H2. The maximum absolute atomic E-state index is 13.9. The maximum Gasteiger partial charge on any atom is 0.451 e. The van der Waals surface area contributed by atoms with E-state index in [4.69, 9.17) is 0 Å². The van der Waals surface area contributed by atoms with Crippen molar-refractivity contribution in [2.45, 2.75) is 44.3 Å². The number of alkyl halides is 3. The highest BCUT2D eigenvalue weighted by Gasteiger charge is 2.38. The highest BCUT2D eigenvalue weighted by Crippen LogP contribution is 2.41. The van der Waals surface area contributed by atoms with Gasteiger partial charge in [-0.05, 0) is 68.6 Å². The van der Waals surface area contributed by atoms with Crippen LogP contribution in [0.5, 0.6) is 0 Å². The van der Waals surface area contributed by atoms with Crippen molar-refractivity contribution in [3.63, 3.8) is 0 Å². The summed E-state index contributed by atoms with van der Waals surface area (Å²) in [4.78, 5) is 12.6. The summed E-state index contributed by atoms with van der Waals surface area (Å²) in [7, 11) is 0. The predicted molar refractivity (Wildman–Crippen MR) is 129 cm³/mol. The van der Waals surface area contributed by atoms with Gasteiger partial charge in [-0.1, -0.05) is 36.8 Å². The second kappa shape index (κ2) is 9.93. The van der Waals surface area contributed by atoms with Crippen molar-refractivity contribution in [1.82, 2.24) is 14.9 Å². The molecule has 4 nitrogen and oxygen atoms in total. The van der Waals surface area contributed by atoms with Crippen LogP contribution in [0.4, 0.5) is 23.4 Å². The van der Waals surface area contributed by atoms with E-state index in [2.05, 4.69) is 14.9 Å². The van der Waals surface area contributed by atoms with E-state index < -0.39 is 17.8 Å². The Morgan fingerprint density at radius 2 is 1.40 bits per heavy atom. The zero-order valence-electron chi connectivity index (χ0n) is 19.4. The molecule has 0 radical (unpaired) electrons. The quantitative estimate of drug-likeness (QED) is 0.400. The maximum atomic E-state index is 13.9. The van der Waals surface area contributed by atoms with Crippen LogP contribution in [0.25, 0.3) is 22.4 Å². The minimum absolute atomic E-state index is 0.159. The van der Waals surface area contributed by atoms with Crippen LogP contribution in [-0.2, 0) is 6.18 Å². The molecule has 2 saturated heterocycles. The minimum atomic E-state index is -4.70. The number of anilines is 1. The lowest BCUT2D eigenvalue weighted by Gasteiger charge is -2.41. The van der Waals surface area contributed by atoms with Crippen molar-refractivity contribution in [1.29, 1.82) is 0 Å². The third-order valence-electron chi connectivity index (χ3n) is 6.99. The third-order valence-corrected chi connectivity index (χ3v) is 6.99. The van der Waals surface area contributed by atoms with E-state index in [0.29, 0.717) is 30.3 Å². The Labute approximate surface area is 202 Å². The number of aromatic nitrogens is 2. The molecule has 0 N–H and O–H groups in total. The molecule has 0 unspecified atom stereocenters. The molecule has 0 aliphatic carbocycles. The molecule has 0 atom stereocenters. The Morgan fingerprint density at radius 1 is 0.743 bits per heavy atom. The number of nitrogens with zero attached hydrogens (tertiary/aromatic N) is 4. The molecular weight excluding hydrogens is 456 g/mol. The molecule has 0 amide bonds. The number of piperidine rings is 2. The Balaban J connectivity index is 1.59. The fourth-order valence-corrected chi connectivity index (χ4v) is 5.22. The lowest BCUT2D eigenvalue weighted by Crippen LogP contribution is -2.47. The van der Waals surface area contributed by atoms with Gasteiger partial charge in [-0.25, -0.2) is 14.4 Å². The molecule has 2 aliphatic rings. The molecule has 0 saturated carbocycles. The first-order valence-corrected chi connectivity index (χ1v) is 12.2. The van der Waals surface area contributed by atoms with Crippen molar-refractivity contribution in [3.05, 3.63) is 66.2 Å². The molecular formula is C27H28F4N4. The van der Waals surface area contributed by atoms with E-state index in [1.54, 1.807) is 0 Å². The molecule has 2 fully saturated rings. The summed E-state index contributed by atoms with van der Waals surface area (Å²) in [6.07, 6.45) is 0.741. The smallest absolute Gasteiger partial charge is 0.356 e. The van der Waals surface area contributed by atoms with Crippen LogP contribution < -0.4 is 4.90 Å². The number of benzene rings is 2. The van der Waals surface area contributed by atoms with Crippen molar-refractivity contribution in [2.24, 2.45) is 0 Å². The Kier molecular flexibility index (Phi) is 6.73. The SMILES string of the molecule is Fc1ccc(-c2nc(C(F)(F)F)nc(N3CCC(N4CCCCC4)CC3)c2-c2ccccc2)cc1. The van der Waals surface area contributed by atoms with Crippen molar-refractivity contribution in [3.8, 4) is 22.4 Å². The van der Waals surface area contributed by atoms with Crippen LogP contribution in [0.2, 0.25) is 0 Å². The van der Waals surface area contributed by atoms with Crippen LogP contribution in [0.3, 0.4) is 0 Å². The topological polar surface area (TPSA) is 32.3 Å². The van der Waals surface area contributed by atoms with Gasteiger partial charge in [0.05, 0.1) is 11.3 Å². The Morgan fingerprint density at radius 3 is 2.03 bits per heavy atom. The average molecular weight is 485 g/mol. The molecule has 1 aromatic heterocycles. The normalized spacial score (nSPS) is 18.1. The van der Waals surface area contributed by atoms with E-state index in [1.165, 1.54) is 43.5 Å². The second-order valence-electron chi connectivity index (χ2n) is 9.28. The summed E-state index contributed by atoms with van der Waals surface area (Å²) < 4.78 is 55.4. The van der Waals surface area contributed by atoms with Gasteiger partial charge in [0, 0.05) is 24.7 Å². The molecule has 2 aromatic carbocycles. The third kappa shape index (κ3) is 5.17. The highest BCUT2D eigenvalue weighted by molar-refractivity contribution is 5.88. The van der Waals surface area contributed by atoms with Crippen LogP contribution in [0.1, 0.15) is 37.9 Å². The van der Waals surface area contributed by atoms with E-state index >= 15 is 0 Å². The van der Waals surface area contributed by atoms with Crippen LogP contribution in [0.15, 0.2) is 54.6 Å². The number of halogens is 4. The summed E-state index contributed by atoms with van der Waals surface area (Å²) in [5.74, 6) is -1.35. The summed E-state index contributed by atoms with van der Waals surface area (Å²) in [6, 6.07) is 15.1. The van der Waals surface area contributed by atoms with E-state index in [-0.39, 0.29) is 11.5 Å². The van der Waals surface area contributed by atoms with Crippen LogP contribution >= 0.6 is 0 Å². The average Bonchev–Trinajstić information content (AvgIpc) is 2.89. The monoisotopic (exact) mass is 484 g/mol.